The van der Waals surface area contributed by atoms with Crippen LogP contribution in [0.5, 0.6) is 0 Å². The highest BCUT2D eigenvalue weighted by Gasteiger charge is 2.17. The molecule has 0 aliphatic rings. The number of rotatable bonds is 3. The van der Waals surface area contributed by atoms with Gasteiger partial charge < -0.3 is 10.5 Å². The SMILES string of the molecule is CCOC(=O)c1ccnc(-n2ncc3ccccc32)c1N. The zero-order chi connectivity index (χ0) is 14.8. The van der Waals surface area contributed by atoms with Crippen LogP contribution < -0.4 is 5.73 Å². The van der Waals surface area contributed by atoms with Crippen molar-refractivity contribution in [2.45, 2.75) is 6.92 Å². The number of hydrogen-bond donors (Lipinski definition) is 1. The monoisotopic (exact) mass is 282 g/mol. The lowest BCUT2D eigenvalue weighted by Crippen LogP contribution is -2.12. The van der Waals surface area contributed by atoms with Gasteiger partial charge in [-0.15, -0.1) is 0 Å². The van der Waals surface area contributed by atoms with E-state index in [4.69, 9.17) is 10.5 Å². The molecule has 2 heterocycles. The molecule has 0 fully saturated rings. The predicted octanol–water partition coefficient (Wildman–Crippen LogP) is 2.18. The highest BCUT2D eigenvalue weighted by Crippen LogP contribution is 2.23. The van der Waals surface area contributed by atoms with E-state index < -0.39 is 5.97 Å². The second kappa shape index (κ2) is 5.24. The summed E-state index contributed by atoms with van der Waals surface area (Å²) in [4.78, 5) is 16.1. The maximum atomic E-state index is 11.9. The van der Waals surface area contributed by atoms with Crippen molar-refractivity contribution in [2.24, 2.45) is 0 Å². The van der Waals surface area contributed by atoms with Gasteiger partial charge in [0.1, 0.15) is 0 Å². The fourth-order valence-corrected chi connectivity index (χ4v) is 2.16. The Balaban J connectivity index is 2.15. The van der Waals surface area contributed by atoms with Crippen LogP contribution in [0, 0.1) is 0 Å². The first-order chi connectivity index (χ1) is 10.2. The minimum Gasteiger partial charge on any atom is -0.462 e. The third kappa shape index (κ3) is 2.20. The lowest BCUT2D eigenvalue weighted by molar-refractivity contribution is 0.0527. The number of esters is 1. The number of para-hydroxylation sites is 1. The first-order valence-corrected chi connectivity index (χ1v) is 6.57. The number of pyridine rings is 1. The highest BCUT2D eigenvalue weighted by molar-refractivity contribution is 5.97. The Bertz CT molecular complexity index is 810. The molecule has 21 heavy (non-hydrogen) atoms. The van der Waals surface area contributed by atoms with E-state index >= 15 is 0 Å². The van der Waals surface area contributed by atoms with Gasteiger partial charge in [0.05, 0.1) is 29.6 Å². The van der Waals surface area contributed by atoms with Crippen LogP contribution in [-0.4, -0.2) is 27.3 Å². The van der Waals surface area contributed by atoms with Crippen molar-refractivity contribution >= 4 is 22.6 Å². The van der Waals surface area contributed by atoms with Crippen LogP contribution in [0.3, 0.4) is 0 Å². The fraction of sp³-hybridized carbons (Fsp3) is 0.133. The van der Waals surface area contributed by atoms with Gasteiger partial charge in [0.25, 0.3) is 0 Å². The van der Waals surface area contributed by atoms with Crippen LogP contribution in [0.1, 0.15) is 17.3 Å². The van der Waals surface area contributed by atoms with E-state index in [1.165, 1.54) is 6.20 Å². The number of benzene rings is 1. The largest absolute Gasteiger partial charge is 0.462 e. The summed E-state index contributed by atoms with van der Waals surface area (Å²) < 4.78 is 6.61. The predicted molar refractivity (Wildman–Crippen MR) is 79.2 cm³/mol. The summed E-state index contributed by atoms with van der Waals surface area (Å²) in [6, 6.07) is 9.25. The molecule has 0 spiro atoms. The molecule has 106 valence electrons. The van der Waals surface area contributed by atoms with Crippen molar-refractivity contribution in [2.75, 3.05) is 12.3 Å². The van der Waals surface area contributed by atoms with Gasteiger partial charge in [-0.1, -0.05) is 18.2 Å². The smallest absolute Gasteiger partial charge is 0.340 e. The van der Waals surface area contributed by atoms with Crippen molar-refractivity contribution in [1.82, 2.24) is 14.8 Å². The second-order valence-corrected chi connectivity index (χ2v) is 4.43. The molecule has 0 atom stereocenters. The Morgan fingerprint density at radius 2 is 2.14 bits per heavy atom. The molecule has 0 aliphatic heterocycles. The third-order valence-corrected chi connectivity index (χ3v) is 3.14. The summed E-state index contributed by atoms with van der Waals surface area (Å²) in [6.45, 7) is 2.04. The van der Waals surface area contributed by atoms with Crippen molar-refractivity contribution < 1.29 is 9.53 Å². The van der Waals surface area contributed by atoms with E-state index in [1.807, 2.05) is 24.3 Å². The number of nitrogens with zero attached hydrogens (tertiary/aromatic N) is 3. The van der Waals surface area contributed by atoms with Gasteiger partial charge >= 0.3 is 5.97 Å². The summed E-state index contributed by atoms with van der Waals surface area (Å²) in [5, 5.41) is 5.27. The fourth-order valence-electron chi connectivity index (χ4n) is 2.16. The summed E-state index contributed by atoms with van der Waals surface area (Å²) in [5.41, 5.74) is 7.49. The van der Waals surface area contributed by atoms with Gasteiger partial charge in [-0.2, -0.15) is 5.10 Å². The number of nitrogen functional groups attached to an aromatic ring is 1. The Labute approximate surface area is 121 Å². The molecular formula is C15H14N4O2. The molecule has 0 amide bonds. The van der Waals surface area contributed by atoms with E-state index in [0.717, 1.165) is 10.9 Å². The normalized spacial score (nSPS) is 10.7. The first-order valence-electron chi connectivity index (χ1n) is 6.57. The van der Waals surface area contributed by atoms with Gasteiger partial charge in [-0.25, -0.2) is 14.5 Å². The number of carbonyl (C=O) groups excluding carboxylic acids is 1. The van der Waals surface area contributed by atoms with Gasteiger partial charge in [0.2, 0.25) is 0 Å². The molecule has 2 aromatic heterocycles. The summed E-state index contributed by atoms with van der Waals surface area (Å²) in [5.74, 6) is -0.0446. The minimum atomic E-state index is -0.463. The molecule has 6 nitrogen and oxygen atoms in total. The number of anilines is 1. The van der Waals surface area contributed by atoms with Gasteiger partial charge in [-0.05, 0) is 19.1 Å². The average molecular weight is 282 g/mol. The van der Waals surface area contributed by atoms with Crippen LogP contribution in [0.15, 0.2) is 42.7 Å². The number of fused-ring (bicyclic) bond motifs is 1. The van der Waals surface area contributed by atoms with Crippen LogP contribution in [0.2, 0.25) is 0 Å². The van der Waals surface area contributed by atoms with Gasteiger partial charge in [0, 0.05) is 11.6 Å². The van der Waals surface area contributed by atoms with Gasteiger partial charge in [0.15, 0.2) is 5.82 Å². The molecule has 0 radical (unpaired) electrons. The second-order valence-electron chi connectivity index (χ2n) is 4.43. The van der Waals surface area contributed by atoms with E-state index in [2.05, 4.69) is 10.1 Å². The maximum absolute atomic E-state index is 11.9. The molecule has 0 saturated heterocycles. The first kappa shape index (κ1) is 13.1. The molecule has 0 aliphatic carbocycles. The van der Waals surface area contributed by atoms with Crippen molar-refractivity contribution in [1.29, 1.82) is 0 Å². The summed E-state index contributed by atoms with van der Waals surface area (Å²) >= 11 is 0. The Morgan fingerprint density at radius 1 is 1.33 bits per heavy atom. The lowest BCUT2D eigenvalue weighted by atomic mass is 10.2. The van der Waals surface area contributed by atoms with E-state index in [-0.39, 0.29) is 5.69 Å². The number of nitrogens with two attached hydrogens (primary N) is 1. The Hall–Kier alpha value is -2.89. The van der Waals surface area contributed by atoms with Crippen LogP contribution in [0.4, 0.5) is 5.69 Å². The summed E-state index contributed by atoms with van der Waals surface area (Å²) in [7, 11) is 0. The van der Waals surface area contributed by atoms with Crippen LogP contribution >= 0.6 is 0 Å². The molecule has 3 rings (SSSR count). The molecule has 3 aromatic rings. The molecule has 0 saturated carbocycles. The van der Waals surface area contributed by atoms with Crippen molar-refractivity contribution in [3.63, 3.8) is 0 Å². The summed E-state index contributed by atoms with van der Waals surface area (Å²) in [6.07, 6.45) is 3.25. The third-order valence-electron chi connectivity index (χ3n) is 3.14. The number of aromatic nitrogens is 3. The van der Waals surface area contributed by atoms with Gasteiger partial charge in [-0.3, -0.25) is 0 Å². The molecule has 6 heteroatoms. The van der Waals surface area contributed by atoms with Crippen LogP contribution in [-0.2, 0) is 4.74 Å². The quantitative estimate of drug-likeness (QED) is 0.744. The topological polar surface area (TPSA) is 83.0 Å². The number of carbonyl (C=O) groups is 1. The van der Waals surface area contributed by atoms with E-state index in [0.29, 0.717) is 18.0 Å². The zero-order valence-corrected chi connectivity index (χ0v) is 11.5. The zero-order valence-electron chi connectivity index (χ0n) is 11.5. The van der Waals surface area contributed by atoms with Crippen LogP contribution in [0.25, 0.3) is 16.7 Å². The molecule has 0 unspecified atom stereocenters. The van der Waals surface area contributed by atoms with Crippen molar-refractivity contribution in [3.8, 4) is 5.82 Å². The number of hydrogen-bond acceptors (Lipinski definition) is 5. The Morgan fingerprint density at radius 3 is 2.95 bits per heavy atom. The van der Waals surface area contributed by atoms with Crippen molar-refractivity contribution in [3.05, 3.63) is 48.3 Å². The van der Waals surface area contributed by atoms with E-state index in [9.17, 15) is 4.79 Å². The van der Waals surface area contributed by atoms with E-state index in [1.54, 1.807) is 23.9 Å². The molecule has 0 bridgehead atoms. The molecule has 1 aromatic carbocycles. The molecule has 2 N–H and O–H groups in total. The minimum absolute atomic E-state index is 0.254. The number of ether oxygens (including phenoxy) is 1. The average Bonchev–Trinajstić information content (AvgIpc) is 2.91. The lowest BCUT2D eigenvalue weighted by Gasteiger charge is -2.10. The maximum Gasteiger partial charge on any atom is 0.340 e. The standard InChI is InChI=1S/C15H14N4O2/c1-2-21-15(20)11-7-8-17-14(13(11)16)19-12-6-4-3-5-10(12)9-18-19/h3-9H,2,16H2,1H3. The Kier molecular flexibility index (Phi) is 3.27. The highest BCUT2D eigenvalue weighted by atomic mass is 16.5. The molecular weight excluding hydrogens is 268 g/mol.